The molecular formula is C24H34N4. The molecule has 1 aliphatic heterocycles. The maximum absolute atomic E-state index is 9.19. The van der Waals surface area contributed by atoms with Crippen molar-refractivity contribution in [3.05, 3.63) is 35.4 Å². The summed E-state index contributed by atoms with van der Waals surface area (Å²) in [6.07, 6.45) is 8.14. The van der Waals surface area contributed by atoms with Gasteiger partial charge in [0.2, 0.25) is 0 Å². The summed E-state index contributed by atoms with van der Waals surface area (Å²) in [6.45, 7) is 8.73. The first kappa shape index (κ1) is 18.6. The predicted octanol–water partition coefficient (Wildman–Crippen LogP) is 2.99. The maximum atomic E-state index is 9.19. The van der Waals surface area contributed by atoms with Gasteiger partial charge in [0.15, 0.2) is 0 Å². The summed E-state index contributed by atoms with van der Waals surface area (Å²) in [6, 6.07) is 11.4. The van der Waals surface area contributed by atoms with Crippen LogP contribution in [0.1, 0.15) is 49.7 Å². The summed E-state index contributed by atoms with van der Waals surface area (Å²) in [4.78, 5) is 5.32. The molecule has 0 unspecified atom stereocenters. The van der Waals surface area contributed by atoms with E-state index < -0.39 is 0 Å². The predicted molar refractivity (Wildman–Crippen MR) is 112 cm³/mol. The van der Waals surface area contributed by atoms with Crippen molar-refractivity contribution in [1.29, 1.82) is 5.26 Å². The highest BCUT2D eigenvalue weighted by atomic mass is 15.3. The minimum atomic E-state index is 0.392. The number of benzene rings is 1. The van der Waals surface area contributed by atoms with E-state index >= 15 is 0 Å². The van der Waals surface area contributed by atoms with Crippen molar-refractivity contribution in [3.63, 3.8) is 0 Å². The maximum Gasteiger partial charge on any atom is 0.0991 e. The van der Waals surface area contributed by atoms with E-state index in [-0.39, 0.29) is 0 Å². The highest BCUT2D eigenvalue weighted by Crippen LogP contribution is 2.62. The molecule has 0 aromatic heterocycles. The van der Waals surface area contributed by atoms with Gasteiger partial charge in [0.25, 0.3) is 0 Å². The Hall–Kier alpha value is -1.41. The summed E-state index contributed by atoms with van der Waals surface area (Å²) in [5, 5.41) is 13.1. The second-order valence-corrected chi connectivity index (χ2v) is 9.76. The third-order valence-electron chi connectivity index (χ3n) is 7.85. The third kappa shape index (κ3) is 3.99. The van der Waals surface area contributed by atoms with Gasteiger partial charge < -0.3 is 10.2 Å². The fourth-order valence-electron chi connectivity index (χ4n) is 5.76. The SMILES string of the molecule is N#Cc1cccc([C@]23CC[C@@H](NCCN4CCN(CC5CC5)CC4)C[C@H]2C3)c1. The van der Waals surface area contributed by atoms with Gasteiger partial charge in [-0.3, -0.25) is 4.90 Å². The van der Waals surface area contributed by atoms with Crippen molar-refractivity contribution >= 4 is 0 Å². The Morgan fingerprint density at radius 1 is 1.11 bits per heavy atom. The second kappa shape index (κ2) is 7.78. The standard InChI is InChI=1S/C24H34N4/c25-17-20-2-1-3-21(14-20)24-7-6-23(15-22(24)16-24)26-8-9-27-10-12-28(13-11-27)18-19-4-5-19/h1-3,14,19,22-23,26H,4-13,15-16,18H2/t22-,23+,24+/m0/s1. The van der Waals surface area contributed by atoms with Crippen LogP contribution in [-0.2, 0) is 5.41 Å². The van der Waals surface area contributed by atoms with Crippen LogP contribution in [0.2, 0.25) is 0 Å². The van der Waals surface area contributed by atoms with Crippen LogP contribution in [0.5, 0.6) is 0 Å². The fraction of sp³-hybridized carbons (Fsp3) is 0.708. The zero-order chi connectivity index (χ0) is 19.0. The van der Waals surface area contributed by atoms with Gasteiger partial charge in [-0.25, -0.2) is 0 Å². The van der Waals surface area contributed by atoms with E-state index in [2.05, 4.69) is 39.4 Å². The van der Waals surface area contributed by atoms with Crippen LogP contribution in [0, 0.1) is 23.2 Å². The lowest BCUT2D eigenvalue weighted by molar-refractivity contribution is 0.127. The van der Waals surface area contributed by atoms with E-state index in [1.807, 2.05) is 6.07 Å². The Morgan fingerprint density at radius 3 is 2.68 bits per heavy atom. The number of nitrogens with zero attached hydrogens (tertiary/aromatic N) is 3. The number of rotatable bonds is 7. The number of nitriles is 1. The summed E-state index contributed by atoms with van der Waals surface area (Å²) < 4.78 is 0. The molecule has 1 N–H and O–H groups in total. The highest BCUT2D eigenvalue weighted by molar-refractivity contribution is 5.41. The van der Waals surface area contributed by atoms with Crippen molar-refractivity contribution < 1.29 is 0 Å². The number of hydrogen-bond donors (Lipinski definition) is 1. The molecule has 1 saturated heterocycles. The first-order valence-electron chi connectivity index (χ1n) is 11.4. The van der Waals surface area contributed by atoms with Crippen LogP contribution in [-0.4, -0.2) is 61.7 Å². The van der Waals surface area contributed by atoms with Crippen LogP contribution in [0.3, 0.4) is 0 Å². The molecule has 4 fully saturated rings. The van der Waals surface area contributed by atoms with Gasteiger partial charge in [0.1, 0.15) is 0 Å². The fourth-order valence-corrected chi connectivity index (χ4v) is 5.76. The summed E-state index contributed by atoms with van der Waals surface area (Å²) >= 11 is 0. The molecule has 4 nitrogen and oxygen atoms in total. The van der Waals surface area contributed by atoms with Gasteiger partial charge in [-0.15, -0.1) is 0 Å². The first-order chi connectivity index (χ1) is 13.7. The number of piperazine rings is 1. The van der Waals surface area contributed by atoms with E-state index in [9.17, 15) is 5.26 Å². The van der Waals surface area contributed by atoms with Crippen LogP contribution in [0.4, 0.5) is 0 Å². The van der Waals surface area contributed by atoms with Crippen LogP contribution >= 0.6 is 0 Å². The Morgan fingerprint density at radius 2 is 1.93 bits per heavy atom. The molecule has 28 heavy (non-hydrogen) atoms. The van der Waals surface area contributed by atoms with Crippen molar-refractivity contribution in [1.82, 2.24) is 15.1 Å². The highest BCUT2D eigenvalue weighted by Gasteiger charge is 2.57. The van der Waals surface area contributed by atoms with Crippen LogP contribution < -0.4 is 5.32 Å². The molecule has 0 radical (unpaired) electrons. The Labute approximate surface area is 169 Å². The van der Waals surface area contributed by atoms with Crippen LogP contribution in [0.25, 0.3) is 0 Å². The van der Waals surface area contributed by atoms with E-state index in [1.54, 1.807) is 0 Å². The zero-order valence-corrected chi connectivity index (χ0v) is 17.1. The third-order valence-corrected chi connectivity index (χ3v) is 7.85. The molecule has 5 rings (SSSR count). The van der Waals surface area contributed by atoms with Crippen molar-refractivity contribution in [3.8, 4) is 6.07 Å². The summed E-state index contributed by atoms with van der Waals surface area (Å²) in [5.41, 5.74) is 2.62. The molecule has 0 bridgehead atoms. The average Bonchev–Trinajstić information content (AvgIpc) is 3.65. The monoisotopic (exact) mass is 378 g/mol. The number of nitrogens with one attached hydrogen (secondary N) is 1. The molecule has 4 heteroatoms. The Balaban J connectivity index is 1.03. The molecule has 0 amide bonds. The van der Waals surface area contributed by atoms with Gasteiger partial charge >= 0.3 is 0 Å². The first-order valence-corrected chi connectivity index (χ1v) is 11.4. The Bertz CT molecular complexity index is 728. The zero-order valence-electron chi connectivity index (χ0n) is 17.1. The molecule has 3 saturated carbocycles. The molecule has 4 aliphatic rings. The lowest BCUT2D eigenvalue weighted by atomic mass is 9.80. The molecule has 3 atom stereocenters. The van der Waals surface area contributed by atoms with Crippen molar-refractivity contribution in [2.45, 2.75) is 50.0 Å². The van der Waals surface area contributed by atoms with Gasteiger partial charge in [0.05, 0.1) is 11.6 Å². The molecule has 1 aromatic rings. The van der Waals surface area contributed by atoms with E-state index in [0.29, 0.717) is 11.5 Å². The molecule has 0 spiro atoms. The quantitative estimate of drug-likeness (QED) is 0.792. The van der Waals surface area contributed by atoms with Gasteiger partial charge in [-0.1, -0.05) is 12.1 Å². The number of fused-ring (bicyclic) bond motifs is 1. The minimum Gasteiger partial charge on any atom is -0.313 e. The molecule has 3 aliphatic carbocycles. The Kier molecular flexibility index (Phi) is 5.17. The van der Waals surface area contributed by atoms with Gasteiger partial charge in [-0.05, 0) is 73.5 Å². The van der Waals surface area contributed by atoms with Gasteiger partial charge in [0, 0.05) is 51.9 Å². The molecule has 150 valence electrons. The van der Waals surface area contributed by atoms with E-state index in [4.69, 9.17) is 0 Å². The largest absolute Gasteiger partial charge is 0.313 e. The second-order valence-electron chi connectivity index (χ2n) is 9.76. The summed E-state index contributed by atoms with van der Waals surface area (Å²) in [5.74, 6) is 1.84. The van der Waals surface area contributed by atoms with Gasteiger partial charge in [-0.2, -0.15) is 5.26 Å². The van der Waals surface area contributed by atoms with Crippen molar-refractivity contribution in [2.75, 3.05) is 45.8 Å². The molecule has 1 aromatic carbocycles. The van der Waals surface area contributed by atoms with Crippen molar-refractivity contribution in [2.24, 2.45) is 11.8 Å². The minimum absolute atomic E-state index is 0.392. The lowest BCUT2D eigenvalue weighted by Gasteiger charge is -2.35. The normalized spacial score (nSPS) is 33.2. The van der Waals surface area contributed by atoms with E-state index in [1.165, 1.54) is 83.4 Å². The molecular weight excluding hydrogens is 344 g/mol. The summed E-state index contributed by atoms with van der Waals surface area (Å²) in [7, 11) is 0. The lowest BCUT2D eigenvalue weighted by Crippen LogP contribution is -2.49. The number of hydrogen-bond acceptors (Lipinski definition) is 4. The average molecular weight is 379 g/mol. The topological polar surface area (TPSA) is 42.3 Å². The van der Waals surface area contributed by atoms with Crippen LogP contribution in [0.15, 0.2) is 24.3 Å². The molecule has 1 heterocycles. The smallest absolute Gasteiger partial charge is 0.0991 e. The van der Waals surface area contributed by atoms with E-state index in [0.717, 1.165) is 23.9 Å².